The van der Waals surface area contributed by atoms with Crippen molar-refractivity contribution in [2.45, 2.75) is 90.9 Å². The molecule has 0 aromatic heterocycles. The largest absolute Gasteiger partial charge is 1.00 e. The first-order valence-electron chi connectivity index (χ1n) is 13.0. The van der Waals surface area contributed by atoms with E-state index in [9.17, 15) is 0 Å². The van der Waals surface area contributed by atoms with E-state index in [1.807, 2.05) is 0 Å². The summed E-state index contributed by atoms with van der Waals surface area (Å²) >= 11 is 0. The predicted octanol–water partition coefficient (Wildman–Crippen LogP) is -3.05. The molecule has 0 rings (SSSR count). The highest BCUT2D eigenvalue weighted by atomic mass is 35.5. The van der Waals surface area contributed by atoms with E-state index in [1.54, 1.807) is 0 Å². The summed E-state index contributed by atoms with van der Waals surface area (Å²) in [4.78, 5) is 0. The van der Waals surface area contributed by atoms with E-state index >= 15 is 0 Å². The number of halogens is 3. The Kier molecular flexibility index (Phi) is 27.7. The van der Waals surface area contributed by atoms with Crippen molar-refractivity contribution in [3.63, 3.8) is 0 Å². The third-order valence-corrected chi connectivity index (χ3v) is 6.79. The van der Waals surface area contributed by atoms with E-state index in [4.69, 9.17) is 0 Å². The van der Waals surface area contributed by atoms with E-state index < -0.39 is 0 Å². The van der Waals surface area contributed by atoms with Gasteiger partial charge in [0.15, 0.2) is 0 Å². The topological polar surface area (TPSA) is 0 Å². The highest BCUT2D eigenvalue weighted by Crippen LogP contribution is 2.12. The van der Waals surface area contributed by atoms with Gasteiger partial charge in [0.1, 0.15) is 0 Å². The van der Waals surface area contributed by atoms with Crippen molar-refractivity contribution in [2.24, 2.45) is 0 Å². The first kappa shape index (κ1) is 39.9. The molecule has 0 aliphatic rings. The van der Waals surface area contributed by atoms with Gasteiger partial charge in [-0.05, 0) is 64.2 Å². The predicted molar refractivity (Wildman–Crippen MR) is 132 cm³/mol. The van der Waals surface area contributed by atoms with Crippen LogP contribution in [-0.4, -0.2) is 95.0 Å². The highest BCUT2D eigenvalue weighted by Gasteiger charge is 2.16. The zero-order valence-corrected chi connectivity index (χ0v) is 25.5. The molecule has 6 heteroatoms. The first-order valence-corrected chi connectivity index (χ1v) is 13.0. The van der Waals surface area contributed by atoms with Gasteiger partial charge >= 0.3 is 0 Å². The van der Waals surface area contributed by atoms with Crippen molar-refractivity contribution in [2.75, 3.05) is 81.6 Å². The molecule has 0 aliphatic heterocycles. The molecule has 0 bridgehead atoms. The lowest BCUT2D eigenvalue weighted by Crippen LogP contribution is -3.00. The Morgan fingerprint density at radius 1 is 0.312 bits per heavy atom. The van der Waals surface area contributed by atoms with Crippen LogP contribution in [0.25, 0.3) is 0 Å². The summed E-state index contributed by atoms with van der Waals surface area (Å²) in [6, 6.07) is 0. The second kappa shape index (κ2) is 22.2. The normalized spacial score (nSPS) is 12.0. The Labute approximate surface area is 222 Å². The van der Waals surface area contributed by atoms with E-state index in [1.165, 1.54) is 130 Å². The summed E-state index contributed by atoms with van der Waals surface area (Å²) in [6.45, 7) is 12.7. The van der Waals surface area contributed by atoms with Crippen LogP contribution in [0.4, 0.5) is 0 Å². The molecule has 0 saturated carbocycles. The van der Waals surface area contributed by atoms with Gasteiger partial charge in [-0.1, -0.05) is 26.7 Å². The zero-order valence-electron chi connectivity index (χ0n) is 23.2. The quantitative estimate of drug-likeness (QED) is 0.118. The van der Waals surface area contributed by atoms with Crippen LogP contribution < -0.4 is 37.2 Å². The van der Waals surface area contributed by atoms with E-state index in [0.29, 0.717) is 0 Å². The molecule has 0 radical (unpaired) electrons. The molecule has 0 aliphatic carbocycles. The Balaban J connectivity index is -0.00000131. The first-order chi connectivity index (χ1) is 13.5. The van der Waals surface area contributed by atoms with Crippen molar-refractivity contribution in [3.05, 3.63) is 0 Å². The maximum Gasteiger partial charge on any atom is 0.0782 e. The summed E-state index contributed by atoms with van der Waals surface area (Å²) < 4.78 is 3.64. The van der Waals surface area contributed by atoms with Gasteiger partial charge in [0, 0.05) is 0 Å². The number of rotatable bonds is 20. The van der Waals surface area contributed by atoms with Crippen LogP contribution >= 0.6 is 0 Å². The molecule has 0 N–H and O–H groups in total. The molecule has 0 fully saturated rings. The van der Waals surface area contributed by atoms with Crippen molar-refractivity contribution in [1.29, 1.82) is 0 Å². The second-order valence-electron chi connectivity index (χ2n) is 11.7. The molecule has 32 heavy (non-hydrogen) atoms. The average molecular weight is 521 g/mol. The van der Waals surface area contributed by atoms with E-state index in [0.717, 1.165) is 0 Å². The Morgan fingerprint density at radius 3 is 0.688 bits per heavy atom. The van der Waals surface area contributed by atoms with Gasteiger partial charge in [-0.3, -0.25) is 0 Å². The molecular weight excluding hydrogens is 461 g/mol. The average Bonchev–Trinajstić information content (AvgIpc) is 2.64. The van der Waals surface area contributed by atoms with Gasteiger partial charge in [0.2, 0.25) is 0 Å². The number of quaternary nitrogens is 3. The van der Waals surface area contributed by atoms with Gasteiger partial charge < -0.3 is 50.7 Å². The van der Waals surface area contributed by atoms with Crippen LogP contribution in [-0.2, 0) is 0 Å². The lowest BCUT2D eigenvalue weighted by atomic mass is 10.1. The van der Waals surface area contributed by atoms with Crippen LogP contribution in [0.3, 0.4) is 0 Å². The van der Waals surface area contributed by atoms with Gasteiger partial charge in [0.25, 0.3) is 0 Å². The minimum atomic E-state index is 0. The standard InChI is InChI=1S/C26H60N3.3ClH/c1-9-11-21-27(3,4)23-17-13-15-19-25-29(7,8)26-20-16-14-18-24-28(5,6)22-12-10-2;;;/h9-26H2,1-8H3;3*1H/q+3;;;/p-3. The summed E-state index contributed by atoms with van der Waals surface area (Å²) in [7, 11) is 14.5. The molecule has 3 nitrogen and oxygen atoms in total. The van der Waals surface area contributed by atoms with Gasteiger partial charge in [-0.15, -0.1) is 0 Å². The fourth-order valence-corrected chi connectivity index (χ4v) is 4.37. The van der Waals surface area contributed by atoms with Crippen LogP contribution in [0.2, 0.25) is 0 Å². The third-order valence-electron chi connectivity index (χ3n) is 6.79. The monoisotopic (exact) mass is 519 g/mol. The van der Waals surface area contributed by atoms with Crippen LogP contribution in [0, 0.1) is 0 Å². The highest BCUT2D eigenvalue weighted by molar-refractivity contribution is 4.48. The second-order valence-corrected chi connectivity index (χ2v) is 11.7. The number of nitrogens with zero attached hydrogens (tertiary/aromatic N) is 3. The van der Waals surface area contributed by atoms with E-state index in [2.05, 4.69) is 56.1 Å². The SMILES string of the molecule is CCCC[N+](C)(C)CCCCCC[N+](C)(C)CCCCCC[N+](C)(C)CCCC.[Cl-].[Cl-].[Cl-]. The molecule has 0 unspecified atom stereocenters. The van der Waals surface area contributed by atoms with Crippen LogP contribution in [0.1, 0.15) is 90.9 Å². The zero-order chi connectivity index (χ0) is 22.2. The lowest BCUT2D eigenvalue weighted by Gasteiger charge is -2.31. The van der Waals surface area contributed by atoms with Crippen LogP contribution in [0.15, 0.2) is 0 Å². The lowest BCUT2D eigenvalue weighted by molar-refractivity contribution is -0.891. The molecule has 0 heterocycles. The Hall–Kier alpha value is 0.750. The maximum atomic E-state index is 2.44. The minimum absolute atomic E-state index is 0. The van der Waals surface area contributed by atoms with Crippen molar-refractivity contribution in [3.8, 4) is 0 Å². The Morgan fingerprint density at radius 2 is 0.500 bits per heavy atom. The fraction of sp³-hybridized carbons (Fsp3) is 1.00. The molecule has 0 aromatic rings. The minimum Gasteiger partial charge on any atom is -1.00 e. The number of unbranched alkanes of at least 4 members (excludes halogenated alkanes) is 8. The summed E-state index contributed by atoms with van der Waals surface area (Å²) in [6.07, 6.45) is 16.7. The number of hydrogen-bond acceptors (Lipinski definition) is 0. The molecule has 200 valence electrons. The summed E-state index contributed by atoms with van der Waals surface area (Å²) in [5.41, 5.74) is 0. The summed E-state index contributed by atoms with van der Waals surface area (Å²) in [5, 5.41) is 0. The fourth-order valence-electron chi connectivity index (χ4n) is 4.37. The van der Waals surface area contributed by atoms with Gasteiger partial charge in [-0.25, -0.2) is 0 Å². The Bertz CT molecular complexity index is 355. The smallest absolute Gasteiger partial charge is 0.0782 e. The molecule has 0 atom stereocenters. The number of hydrogen-bond donors (Lipinski definition) is 0. The van der Waals surface area contributed by atoms with Crippen molar-refractivity contribution in [1.82, 2.24) is 0 Å². The van der Waals surface area contributed by atoms with Crippen molar-refractivity contribution < 1.29 is 50.7 Å². The maximum absolute atomic E-state index is 2.44. The van der Waals surface area contributed by atoms with Crippen LogP contribution in [0.5, 0.6) is 0 Å². The third kappa shape index (κ3) is 25.4. The molecule has 0 saturated heterocycles. The molecular formula is C26H60Cl3N3. The molecule has 0 amide bonds. The van der Waals surface area contributed by atoms with E-state index in [-0.39, 0.29) is 37.2 Å². The van der Waals surface area contributed by atoms with Gasteiger partial charge in [-0.2, -0.15) is 0 Å². The molecule has 0 aromatic carbocycles. The molecule has 0 spiro atoms. The van der Waals surface area contributed by atoms with Crippen molar-refractivity contribution >= 4 is 0 Å². The van der Waals surface area contributed by atoms with Gasteiger partial charge in [0.05, 0.1) is 81.6 Å². The summed E-state index contributed by atoms with van der Waals surface area (Å²) in [5.74, 6) is 0.